The van der Waals surface area contributed by atoms with Gasteiger partial charge in [0.25, 0.3) is 0 Å². The Balaban J connectivity index is 2.44. The number of allylic oxidation sites excluding steroid dienone is 1. The Morgan fingerprint density at radius 3 is 2.88 bits per heavy atom. The Morgan fingerprint density at radius 1 is 1.35 bits per heavy atom. The molecule has 1 aromatic rings. The highest BCUT2D eigenvalue weighted by Gasteiger charge is 2.06. The quantitative estimate of drug-likeness (QED) is 0.572. The van der Waals surface area contributed by atoms with E-state index in [0.29, 0.717) is 12.3 Å². The normalized spacial score (nSPS) is 10.8. The number of anilines is 1. The number of unbranched alkanes of at least 4 members (excludes halogenated alkanes) is 2. The van der Waals surface area contributed by atoms with Crippen molar-refractivity contribution >= 4 is 5.69 Å². The minimum atomic E-state index is -0.336. The lowest BCUT2D eigenvalue weighted by Gasteiger charge is -2.08. The standard InChI is InChI=1S/C14H20FNO/c1-3-4-5-6-7-11-17-13-10-8-9-12(16-2)14(13)15/h6-10,16H,3-5,11H2,1-2H3. The molecule has 0 spiro atoms. The highest BCUT2D eigenvalue weighted by Crippen LogP contribution is 2.23. The SMILES string of the molecule is CCCCC=CCOc1cccc(NC)c1F. The molecular weight excluding hydrogens is 217 g/mol. The Bertz CT molecular complexity index is 363. The van der Waals surface area contributed by atoms with Gasteiger partial charge in [0.2, 0.25) is 0 Å². The predicted octanol–water partition coefficient (Wildman–Crippen LogP) is 3.99. The second-order valence-corrected chi connectivity index (χ2v) is 3.79. The van der Waals surface area contributed by atoms with Crippen LogP contribution < -0.4 is 10.1 Å². The van der Waals surface area contributed by atoms with E-state index in [4.69, 9.17) is 4.74 Å². The van der Waals surface area contributed by atoms with E-state index in [1.54, 1.807) is 25.2 Å². The van der Waals surface area contributed by atoms with Gasteiger partial charge < -0.3 is 10.1 Å². The number of hydrogen-bond donors (Lipinski definition) is 1. The molecule has 0 aliphatic heterocycles. The van der Waals surface area contributed by atoms with Gasteiger partial charge in [-0.1, -0.05) is 38.0 Å². The molecule has 1 aromatic carbocycles. The highest BCUT2D eigenvalue weighted by atomic mass is 19.1. The molecule has 3 heteroatoms. The molecule has 0 fully saturated rings. The lowest BCUT2D eigenvalue weighted by atomic mass is 10.2. The van der Waals surface area contributed by atoms with Crippen LogP contribution in [0.15, 0.2) is 30.4 Å². The van der Waals surface area contributed by atoms with Crippen LogP contribution in [0, 0.1) is 5.82 Å². The second-order valence-electron chi connectivity index (χ2n) is 3.79. The zero-order valence-electron chi connectivity index (χ0n) is 10.5. The van der Waals surface area contributed by atoms with Gasteiger partial charge >= 0.3 is 0 Å². The molecule has 0 aromatic heterocycles. The average molecular weight is 237 g/mol. The van der Waals surface area contributed by atoms with Gasteiger partial charge in [-0.2, -0.15) is 0 Å². The molecule has 0 unspecified atom stereocenters. The van der Waals surface area contributed by atoms with E-state index in [1.165, 1.54) is 12.8 Å². The molecule has 0 radical (unpaired) electrons. The highest BCUT2D eigenvalue weighted by molar-refractivity contribution is 5.49. The molecule has 0 heterocycles. The maximum atomic E-state index is 13.7. The second kappa shape index (κ2) is 7.71. The number of hydrogen-bond acceptors (Lipinski definition) is 2. The first kappa shape index (κ1) is 13.6. The summed E-state index contributed by atoms with van der Waals surface area (Å²) in [5.41, 5.74) is 0.456. The molecule has 0 bridgehead atoms. The van der Waals surface area contributed by atoms with Crippen molar-refractivity contribution in [3.63, 3.8) is 0 Å². The molecule has 0 atom stereocenters. The summed E-state index contributed by atoms with van der Waals surface area (Å²) in [5, 5.41) is 2.78. The lowest BCUT2D eigenvalue weighted by Crippen LogP contribution is -1.99. The van der Waals surface area contributed by atoms with Crippen molar-refractivity contribution in [1.29, 1.82) is 0 Å². The third kappa shape index (κ3) is 4.47. The number of benzene rings is 1. The van der Waals surface area contributed by atoms with Gasteiger partial charge in [-0.25, -0.2) is 4.39 Å². The van der Waals surface area contributed by atoms with Crippen molar-refractivity contribution in [3.8, 4) is 5.75 Å². The molecule has 0 saturated carbocycles. The van der Waals surface area contributed by atoms with Crippen molar-refractivity contribution in [2.24, 2.45) is 0 Å². The van der Waals surface area contributed by atoms with Crippen LogP contribution in [0.3, 0.4) is 0 Å². The van der Waals surface area contributed by atoms with Gasteiger partial charge in [0, 0.05) is 7.05 Å². The lowest BCUT2D eigenvalue weighted by molar-refractivity contribution is 0.342. The monoisotopic (exact) mass is 237 g/mol. The average Bonchev–Trinajstić information content (AvgIpc) is 2.35. The summed E-state index contributed by atoms with van der Waals surface area (Å²) in [5.74, 6) is -0.0473. The maximum Gasteiger partial charge on any atom is 0.188 e. The van der Waals surface area contributed by atoms with Gasteiger partial charge in [-0.15, -0.1) is 0 Å². The van der Waals surface area contributed by atoms with Crippen molar-refractivity contribution in [3.05, 3.63) is 36.2 Å². The van der Waals surface area contributed by atoms with E-state index in [0.717, 1.165) is 6.42 Å². The third-order valence-electron chi connectivity index (χ3n) is 2.46. The van der Waals surface area contributed by atoms with Crippen LogP contribution in [-0.2, 0) is 0 Å². The minimum absolute atomic E-state index is 0.289. The number of ether oxygens (including phenoxy) is 1. The van der Waals surface area contributed by atoms with E-state index in [1.807, 2.05) is 6.08 Å². The topological polar surface area (TPSA) is 21.3 Å². The zero-order chi connectivity index (χ0) is 12.5. The van der Waals surface area contributed by atoms with Gasteiger partial charge in [0.05, 0.1) is 5.69 Å². The van der Waals surface area contributed by atoms with E-state index in [2.05, 4.69) is 18.3 Å². The number of halogens is 1. The summed E-state index contributed by atoms with van der Waals surface area (Å²) in [6, 6.07) is 5.08. The molecule has 0 amide bonds. The largest absolute Gasteiger partial charge is 0.486 e. The molecular formula is C14H20FNO. The van der Waals surface area contributed by atoms with Crippen LogP contribution in [0.5, 0.6) is 5.75 Å². The van der Waals surface area contributed by atoms with Crippen LogP contribution >= 0.6 is 0 Å². The molecule has 1 rings (SSSR count). The fourth-order valence-corrected chi connectivity index (χ4v) is 1.46. The smallest absolute Gasteiger partial charge is 0.188 e. The minimum Gasteiger partial charge on any atom is -0.486 e. The van der Waals surface area contributed by atoms with Gasteiger partial charge in [-0.3, -0.25) is 0 Å². The van der Waals surface area contributed by atoms with Crippen molar-refractivity contribution < 1.29 is 9.13 Å². The zero-order valence-corrected chi connectivity index (χ0v) is 10.5. The summed E-state index contributed by atoms with van der Waals surface area (Å²) >= 11 is 0. The van der Waals surface area contributed by atoms with Crippen LogP contribution in [0.25, 0.3) is 0 Å². The van der Waals surface area contributed by atoms with Crippen LogP contribution in [0.2, 0.25) is 0 Å². The van der Waals surface area contributed by atoms with Gasteiger partial charge in [0.1, 0.15) is 6.61 Å². The van der Waals surface area contributed by atoms with Crippen molar-refractivity contribution in [2.45, 2.75) is 26.2 Å². The summed E-state index contributed by atoms with van der Waals surface area (Å²) in [4.78, 5) is 0. The van der Waals surface area contributed by atoms with E-state index >= 15 is 0 Å². The van der Waals surface area contributed by atoms with E-state index < -0.39 is 0 Å². The summed E-state index contributed by atoms with van der Waals surface area (Å²) in [6.07, 6.45) is 7.42. The third-order valence-corrected chi connectivity index (χ3v) is 2.46. The fourth-order valence-electron chi connectivity index (χ4n) is 1.46. The number of nitrogens with one attached hydrogen (secondary N) is 1. The Hall–Kier alpha value is -1.51. The predicted molar refractivity (Wildman–Crippen MR) is 70.1 cm³/mol. The number of rotatable bonds is 7. The Labute approximate surface area is 102 Å². The molecule has 2 nitrogen and oxygen atoms in total. The van der Waals surface area contributed by atoms with Crippen LogP contribution in [0.4, 0.5) is 10.1 Å². The Morgan fingerprint density at radius 2 is 2.18 bits per heavy atom. The molecule has 17 heavy (non-hydrogen) atoms. The molecule has 1 N–H and O–H groups in total. The molecule has 94 valence electrons. The summed E-state index contributed by atoms with van der Waals surface area (Å²) in [6.45, 7) is 2.57. The van der Waals surface area contributed by atoms with E-state index in [-0.39, 0.29) is 11.6 Å². The maximum absolute atomic E-state index is 13.7. The van der Waals surface area contributed by atoms with Gasteiger partial charge in [0.15, 0.2) is 11.6 Å². The van der Waals surface area contributed by atoms with Crippen LogP contribution in [-0.4, -0.2) is 13.7 Å². The fraction of sp³-hybridized carbons (Fsp3) is 0.429. The first-order valence-corrected chi connectivity index (χ1v) is 6.03. The summed E-state index contributed by atoms with van der Waals surface area (Å²) < 4.78 is 19.0. The molecule has 0 saturated heterocycles. The van der Waals surface area contributed by atoms with E-state index in [9.17, 15) is 4.39 Å². The first-order chi connectivity index (χ1) is 8.29. The van der Waals surface area contributed by atoms with Crippen LogP contribution in [0.1, 0.15) is 26.2 Å². The van der Waals surface area contributed by atoms with Crippen molar-refractivity contribution in [1.82, 2.24) is 0 Å². The molecule has 0 aliphatic carbocycles. The van der Waals surface area contributed by atoms with Gasteiger partial charge in [-0.05, 0) is 18.6 Å². The molecule has 0 aliphatic rings. The first-order valence-electron chi connectivity index (χ1n) is 6.03. The summed E-state index contributed by atoms with van der Waals surface area (Å²) in [7, 11) is 1.69. The Kier molecular flexibility index (Phi) is 6.15. The van der Waals surface area contributed by atoms with Crippen molar-refractivity contribution in [2.75, 3.05) is 19.0 Å².